The first-order chi connectivity index (χ1) is 39.8. The van der Waals surface area contributed by atoms with E-state index < -0.39 is 0 Å². The molecule has 14 aromatic rings. The summed E-state index contributed by atoms with van der Waals surface area (Å²) in [5, 5.41) is 3.55. The Bertz CT molecular complexity index is 4750. The van der Waals surface area contributed by atoms with E-state index in [1.807, 2.05) is 31.2 Å². The van der Waals surface area contributed by atoms with E-state index in [2.05, 4.69) is 234 Å². The van der Waals surface area contributed by atoms with Gasteiger partial charge in [0, 0.05) is 44.7 Å². The maximum absolute atomic E-state index is 7.14. The summed E-state index contributed by atoms with van der Waals surface area (Å²) in [7, 11) is 0. The Kier molecular flexibility index (Phi) is 13.6. The van der Waals surface area contributed by atoms with Crippen molar-refractivity contribution < 1.29 is 34.6 Å². The topological polar surface area (TPSA) is 84.0 Å². The second kappa shape index (κ2) is 21.2. The first-order valence-corrected chi connectivity index (χ1v) is 28.6. The fourth-order valence-electron chi connectivity index (χ4n) is 12.1. The Morgan fingerprint density at radius 3 is 1.47 bits per heavy atom. The molecule has 5 heterocycles. The summed E-state index contributed by atoms with van der Waals surface area (Å²) < 4.78 is 25.5. The second-order valence-electron chi connectivity index (χ2n) is 23.0. The van der Waals surface area contributed by atoms with E-state index in [-0.39, 0.29) is 44.7 Å². The Morgan fingerprint density at radius 1 is 0.422 bits per heavy atom. The molecule has 0 unspecified atom stereocenters. The number of rotatable bonds is 12. The Labute approximate surface area is 497 Å². The van der Waals surface area contributed by atoms with Crippen molar-refractivity contribution in [3.8, 4) is 67.9 Å². The van der Waals surface area contributed by atoms with Crippen molar-refractivity contribution in [3.63, 3.8) is 0 Å². The molecule has 9 aromatic carbocycles. The molecule has 0 bridgehead atoms. The van der Waals surface area contributed by atoms with Gasteiger partial charge in [0.25, 0.3) is 0 Å². The molecule has 0 saturated carbocycles. The van der Waals surface area contributed by atoms with Gasteiger partial charge in [-0.1, -0.05) is 169 Å². The molecular formula is C74H61N5O3Pt. The molecule has 8 nitrogen and oxygen atoms in total. The molecule has 0 spiro atoms. The summed E-state index contributed by atoms with van der Waals surface area (Å²) in [6, 6.07) is 71.4. The minimum absolute atomic E-state index is 0. The fraction of sp³-hybridized carbons (Fsp3) is 0.176. The first kappa shape index (κ1) is 53.5. The van der Waals surface area contributed by atoms with Crippen LogP contribution in [0.5, 0.6) is 11.5 Å². The van der Waals surface area contributed by atoms with Gasteiger partial charge in [0.1, 0.15) is 11.2 Å². The summed E-state index contributed by atoms with van der Waals surface area (Å²) in [6.07, 6.45) is 0. The molecule has 0 amide bonds. The standard InChI is InChI=1S/C74H61N5O3.Pt/c1-42(2)55-34-50(47-21-12-10-13-22-47)35-56(43(3)4)69(55)78-65-29-18-16-27-63(65)76-72(78)49-25-20-26-52(33-49)80-53-38-61-60-41-68-59(54-32-31-46(9)75-74(54)82-68)40-67(60)81-71(61)62(39-53)73-77-64-28-17-19-30-66(64)79(73)70-57(44(5)6)36-51(37-58(70)45(7)8)48-23-14-11-15-24-48;/h10-32,34-38,40-45H,1-9H3;/q-2;+2. The largest absolute Gasteiger partial charge is 2.00 e. The van der Waals surface area contributed by atoms with Gasteiger partial charge in [-0.2, -0.15) is 0 Å². The van der Waals surface area contributed by atoms with Gasteiger partial charge in [-0.3, -0.25) is 9.97 Å². The SMILES string of the molecule is Cc1ccc2c(n1)oc1cc3c(cc12)oc1c(-c2nc4ccccc4n2-c2c(C(C)C)cc(-c4ccccc4)cc2C(C)C)[c-]c(Oc2[c-]c(-c4nc5ccccc5n4-c4c(C(C)C)cc(-c5ccccc5)cc4C(C)C)ccc2)cc13.[Pt+2]. The van der Waals surface area contributed by atoms with Crippen LogP contribution < -0.4 is 4.74 Å². The number of imidazole rings is 2. The van der Waals surface area contributed by atoms with E-state index in [9.17, 15) is 0 Å². The number of fused-ring (bicyclic) bond motifs is 8. The zero-order valence-corrected chi connectivity index (χ0v) is 50.2. The second-order valence-corrected chi connectivity index (χ2v) is 23.0. The molecule has 9 heteroatoms. The van der Waals surface area contributed by atoms with Gasteiger partial charge in [0.15, 0.2) is 0 Å². The van der Waals surface area contributed by atoms with Crippen LogP contribution in [0, 0.1) is 19.1 Å². The van der Waals surface area contributed by atoms with Crippen molar-refractivity contribution in [1.82, 2.24) is 24.1 Å². The molecule has 0 aliphatic heterocycles. The van der Waals surface area contributed by atoms with Crippen LogP contribution in [0.1, 0.15) is 107 Å². The minimum atomic E-state index is 0. The smallest absolute Gasteiger partial charge is 0.501 e. The van der Waals surface area contributed by atoms with Crippen LogP contribution in [-0.2, 0) is 21.1 Å². The van der Waals surface area contributed by atoms with Crippen molar-refractivity contribution in [2.24, 2.45) is 0 Å². The van der Waals surface area contributed by atoms with E-state index in [1.54, 1.807) is 0 Å². The maximum atomic E-state index is 7.14. The third-order valence-electron chi connectivity index (χ3n) is 16.1. The van der Waals surface area contributed by atoms with Crippen molar-refractivity contribution in [2.45, 2.75) is 86.0 Å². The zero-order chi connectivity index (χ0) is 56.1. The summed E-state index contributed by atoms with van der Waals surface area (Å²) in [5.74, 6) is 3.19. The number of hydrogen-bond donors (Lipinski definition) is 0. The predicted octanol–water partition coefficient (Wildman–Crippen LogP) is 20.4. The number of aromatic nitrogens is 5. The average Bonchev–Trinajstić information content (AvgIpc) is 2.34. The van der Waals surface area contributed by atoms with Crippen LogP contribution >= 0.6 is 0 Å². The van der Waals surface area contributed by atoms with Gasteiger partial charge in [0.05, 0.1) is 39.3 Å². The molecule has 14 rings (SSSR count). The maximum Gasteiger partial charge on any atom is 2.00 e. The summed E-state index contributed by atoms with van der Waals surface area (Å²) in [6.45, 7) is 20.2. The zero-order valence-electron chi connectivity index (χ0n) is 47.9. The van der Waals surface area contributed by atoms with Crippen molar-refractivity contribution >= 4 is 66.1 Å². The van der Waals surface area contributed by atoms with Crippen LogP contribution in [0.2, 0.25) is 0 Å². The van der Waals surface area contributed by atoms with Gasteiger partial charge in [-0.05, 0) is 148 Å². The number of benzene rings is 9. The van der Waals surface area contributed by atoms with E-state index in [0.717, 1.165) is 72.1 Å². The number of aryl methyl sites for hydroxylation is 1. The molecule has 410 valence electrons. The summed E-state index contributed by atoms with van der Waals surface area (Å²) >= 11 is 0. The van der Waals surface area contributed by atoms with Crippen molar-refractivity contribution in [2.75, 3.05) is 0 Å². The molecule has 0 atom stereocenters. The molecular weight excluding hydrogens is 1200 g/mol. The molecule has 0 N–H and O–H groups in total. The van der Waals surface area contributed by atoms with Gasteiger partial charge in [-0.25, -0.2) is 4.98 Å². The Balaban J connectivity index is 0.00000645. The molecule has 5 aromatic heterocycles. The van der Waals surface area contributed by atoms with E-state index in [1.165, 1.54) is 44.5 Å². The van der Waals surface area contributed by atoms with Crippen LogP contribution in [0.25, 0.3) is 122 Å². The number of pyridine rings is 1. The van der Waals surface area contributed by atoms with Crippen molar-refractivity contribution in [1.29, 1.82) is 0 Å². The normalized spacial score (nSPS) is 12.0. The van der Waals surface area contributed by atoms with E-state index in [0.29, 0.717) is 45.3 Å². The molecule has 0 aliphatic rings. The number of para-hydroxylation sites is 4. The number of furan rings is 2. The molecule has 0 radical (unpaired) electrons. The van der Waals surface area contributed by atoms with Gasteiger partial charge in [-0.15, -0.1) is 23.8 Å². The quantitative estimate of drug-likeness (QED) is 0.113. The molecule has 0 fully saturated rings. The Morgan fingerprint density at radius 2 is 0.916 bits per heavy atom. The fourth-order valence-corrected chi connectivity index (χ4v) is 12.1. The van der Waals surface area contributed by atoms with Gasteiger partial charge >= 0.3 is 21.1 Å². The molecule has 0 aliphatic carbocycles. The third-order valence-corrected chi connectivity index (χ3v) is 16.1. The summed E-state index contributed by atoms with van der Waals surface area (Å²) in [4.78, 5) is 15.7. The number of hydrogen-bond acceptors (Lipinski definition) is 6. The van der Waals surface area contributed by atoms with E-state index >= 15 is 0 Å². The number of ether oxygens (including phenoxy) is 1. The third kappa shape index (κ3) is 9.25. The van der Waals surface area contributed by atoms with Crippen LogP contribution in [0.4, 0.5) is 0 Å². The first-order valence-electron chi connectivity index (χ1n) is 28.6. The molecule has 0 saturated heterocycles. The van der Waals surface area contributed by atoms with Gasteiger partial charge < -0.3 is 22.7 Å². The summed E-state index contributed by atoms with van der Waals surface area (Å²) in [5.41, 5.74) is 20.6. The monoisotopic (exact) mass is 1260 g/mol. The number of nitrogens with zero attached hydrogens (tertiary/aromatic N) is 5. The van der Waals surface area contributed by atoms with Crippen molar-refractivity contribution in [3.05, 3.63) is 222 Å². The van der Waals surface area contributed by atoms with Crippen LogP contribution in [0.15, 0.2) is 191 Å². The minimum Gasteiger partial charge on any atom is -0.501 e. The van der Waals surface area contributed by atoms with E-state index in [4.69, 9.17) is 28.5 Å². The Hall–Kier alpha value is -8.84. The molecule has 83 heavy (non-hydrogen) atoms. The van der Waals surface area contributed by atoms with Crippen LogP contribution in [-0.4, -0.2) is 24.1 Å². The average molecular weight is 1260 g/mol. The van der Waals surface area contributed by atoms with Gasteiger partial charge in [0.2, 0.25) is 5.71 Å². The predicted molar refractivity (Wildman–Crippen MR) is 335 cm³/mol. The van der Waals surface area contributed by atoms with Crippen LogP contribution in [0.3, 0.4) is 0 Å².